The van der Waals surface area contributed by atoms with Gasteiger partial charge in [0.15, 0.2) is 11.4 Å². The van der Waals surface area contributed by atoms with E-state index in [1.807, 2.05) is 52.0 Å². The van der Waals surface area contributed by atoms with E-state index in [2.05, 4.69) is 5.32 Å². The minimum atomic E-state index is -0.868. The lowest BCUT2D eigenvalue weighted by Gasteiger charge is -2.41. The molecule has 8 nitrogen and oxygen atoms in total. The van der Waals surface area contributed by atoms with Crippen LogP contribution >= 0.6 is 0 Å². The van der Waals surface area contributed by atoms with E-state index in [0.29, 0.717) is 23.3 Å². The average molecular weight is 558 g/mol. The van der Waals surface area contributed by atoms with Crippen molar-refractivity contribution < 1.29 is 28.5 Å². The van der Waals surface area contributed by atoms with Gasteiger partial charge in [-0.3, -0.25) is 4.79 Å². The monoisotopic (exact) mass is 557 g/mol. The van der Waals surface area contributed by atoms with E-state index < -0.39 is 23.4 Å². The molecule has 0 saturated carbocycles. The van der Waals surface area contributed by atoms with Gasteiger partial charge in [-0.15, -0.1) is 0 Å². The molecule has 5 rings (SSSR count). The van der Waals surface area contributed by atoms with Crippen LogP contribution in [0.4, 0.5) is 5.69 Å². The van der Waals surface area contributed by atoms with Gasteiger partial charge in [-0.2, -0.15) is 0 Å². The predicted molar refractivity (Wildman–Crippen MR) is 158 cm³/mol. The van der Waals surface area contributed by atoms with Crippen LogP contribution in [0, 0.1) is 20.8 Å². The van der Waals surface area contributed by atoms with Gasteiger partial charge >= 0.3 is 5.63 Å². The van der Waals surface area contributed by atoms with Crippen LogP contribution in [0.25, 0.3) is 22.1 Å². The first kappa shape index (κ1) is 28.4. The highest BCUT2D eigenvalue weighted by Crippen LogP contribution is 2.38. The van der Waals surface area contributed by atoms with Crippen LogP contribution in [-0.4, -0.2) is 36.1 Å². The molecule has 0 aliphatic carbocycles. The second kappa shape index (κ2) is 11.0. The van der Waals surface area contributed by atoms with E-state index >= 15 is 0 Å². The van der Waals surface area contributed by atoms with Gasteiger partial charge in [0.05, 0.1) is 17.1 Å². The Morgan fingerprint density at radius 2 is 1.73 bits per heavy atom. The van der Waals surface area contributed by atoms with Crippen LogP contribution in [0.15, 0.2) is 63.8 Å². The zero-order chi connectivity index (χ0) is 29.5. The van der Waals surface area contributed by atoms with Crippen molar-refractivity contribution in [3.05, 3.63) is 87.3 Å². The van der Waals surface area contributed by atoms with E-state index in [1.165, 1.54) is 0 Å². The highest BCUT2D eigenvalue weighted by Gasteiger charge is 2.39. The molecule has 1 aromatic heterocycles. The summed E-state index contributed by atoms with van der Waals surface area (Å²) in [5, 5.41) is 13.9. The summed E-state index contributed by atoms with van der Waals surface area (Å²) in [4.78, 5) is 26.2. The lowest BCUT2D eigenvalue weighted by atomic mass is 9.94. The maximum absolute atomic E-state index is 13.2. The van der Waals surface area contributed by atoms with Crippen LogP contribution in [0.2, 0.25) is 0 Å². The Hall–Kier alpha value is -4.14. The van der Waals surface area contributed by atoms with Crippen molar-refractivity contribution in [1.82, 2.24) is 0 Å². The molecule has 2 atom stereocenters. The van der Waals surface area contributed by atoms with E-state index in [0.717, 1.165) is 28.7 Å². The molecule has 2 N–H and O–H groups in total. The molecule has 214 valence electrons. The number of rotatable bonds is 6. The standard InChI is InChI=1S/C33H35NO7/c1-18-9-7-10-19(2)27(18)21-11-8-12-22(17-21)31(36)34-28-29(35)23-13-14-24(20(3)30(23)40-32(28)37)39-26-16-15-25(38-6)33(4,5)41-26/h7-14,17,25-26,35H,15-16H2,1-6H3,(H,34,36)/t25-,26-/m1/s1. The molecule has 8 heteroatoms. The largest absolute Gasteiger partial charge is 0.505 e. The molecule has 0 bridgehead atoms. The number of methoxy groups -OCH3 is 1. The van der Waals surface area contributed by atoms with E-state index in [1.54, 1.807) is 44.4 Å². The molecule has 1 fully saturated rings. The zero-order valence-electron chi connectivity index (χ0n) is 24.2. The first-order chi connectivity index (χ1) is 19.5. The Bertz CT molecular complexity index is 1670. The van der Waals surface area contributed by atoms with Gasteiger partial charge in [0.1, 0.15) is 11.3 Å². The third-order valence-electron chi connectivity index (χ3n) is 7.80. The van der Waals surface area contributed by atoms with Crippen molar-refractivity contribution >= 4 is 22.6 Å². The van der Waals surface area contributed by atoms with Gasteiger partial charge in [0, 0.05) is 24.7 Å². The molecule has 0 spiro atoms. The van der Waals surface area contributed by atoms with Crippen molar-refractivity contribution in [3.8, 4) is 22.6 Å². The minimum Gasteiger partial charge on any atom is -0.505 e. The van der Waals surface area contributed by atoms with Gasteiger partial charge < -0.3 is 29.1 Å². The summed E-state index contributed by atoms with van der Waals surface area (Å²) >= 11 is 0. The Kier molecular flexibility index (Phi) is 7.64. The second-order valence-corrected chi connectivity index (χ2v) is 11.1. The van der Waals surface area contributed by atoms with Crippen molar-refractivity contribution in [2.24, 2.45) is 0 Å². The van der Waals surface area contributed by atoms with Crippen LogP contribution in [0.5, 0.6) is 11.5 Å². The molecular weight excluding hydrogens is 522 g/mol. The average Bonchev–Trinajstić information content (AvgIpc) is 2.92. The first-order valence-electron chi connectivity index (χ1n) is 13.6. The number of aromatic hydroxyl groups is 1. The molecule has 0 unspecified atom stereocenters. The highest BCUT2D eigenvalue weighted by molar-refractivity contribution is 6.07. The molecule has 0 radical (unpaired) electrons. The van der Waals surface area contributed by atoms with Gasteiger partial charge in [-0.25, -0.2) is 4.79 Å². The molecule has 3 aromatic carbocycles. The van der Waals surface area contributed by atoms with E-state index in [4.69, 9.17) is 18.6 Å². The molecule has 4 aromatic rings. The number of amides is 1. The third-order valence-corrected chi connectivity index (χ3v) is 7.80. The fourth-order valence-corrected chi connectivity index (χ4v) is 5.61. The summed E-state index contributed by atoms with van der Waals surface area (Å²) in [7, 11) is 1.67. The first-order valence-corrected chi connectivity index (χ1v) is 13.6. The summed E-state index contributed by atoms with van der Waals surface area (Å²) in [6.45, 7) is 9.69. The number of aryl methyl sites for hydroxylation is 3. The number of benzene rings is 3. The minimum absolute atomic E-state index is 0.0438. The summed E-state index contributed by atoms with van der Waals surface area (Å²) in [6.07, 6.45) is 0.848. The Morgan fingerprint density at radius 3 is 2.41 bits per heavy atom. The fraction of sp³-hybridized carbons (Fsp3) is 0.333. The summed E-state index contributed by atoms with van der Waals surface area (Å²) < 4.78 is 23.4. The Balaban J connectivity index is 1.41. The molecule has 1 saturated heterocycles. The number of hydrogen-bond donors (Lipinski definition) is 2. The van der Waals surface area contributed by atoms with Crippen LogP contribution in [0.1, 0.15) is 53.7 Å². The highest BCUT2D eigenvalue weighted by atomic mass is 16.7. The number of fused-ring (bicyclic) bond motifs is 1. The molecule has 1 aliphatic heterocycles. The molecular formula is C33H35NO7. The smallest absolute Gasteiger partial charge is 0.364 e. The zero-order valence-corrected chi connectivity index (χ0v) is 24.2. The second-order valence-electron chi connectivity index (χ2n) is 11.1. The molecule has 2 heterocycles. The van der Waals surface area contributed by atoms with Gasteiger partial charge in [0.25, 0.3) is 5.91 Å². The normalized spacial score (nSPS) is 18.3. The maximum atomic E-state index is 13.2. The van der Waals surface area contributed by atoms with Crippen LogP contribution in [0.3, 0.4) is 0 Å². The topological polar surface area (TPSA) is 107 Å². The number of carbonyl (C=O) groups excluding carboxylic acids is 1. The Morgan fingerprint density at radius 1 is 1.02 bits per heavy atom. The number of ether oxygens (including phenoxy) is 3. The maximum Gasteiger partial charge on any atom is 0.364 e. The van der Waals surface area contributed by atoms with Gasteiger partial charge in [0.2, 0.25) is 6.29 Å². The Labute approximate surface area is 238 Å². The predicted octanol–water partition coefficient (Wildman–Crippen LogP) is 6.65. The molecule has 1 amide bonds. The van der Waals surface area contributed by atoms with Gasteiger partial charge in [-0.05, 0) is 87.6 Å². The summed E-state index contributed by atoms with van der Waals surface area (Å²) in [5.41, 5.74) is 3.43. The van der Waals surface area contributed by atoms with Crippen molar-refractivity contribution in [2.75, 3.05) is 12.4 Å². The summed E-state index contributed by atoms with van der Waals surface area (Å²) in [6, 6.07) is 16.5. The molecule has 1 aliphatic rings. The van der Waals surface area contributed by atoms with E-state index in [9.17, 15) is 14.7 Å². The van der Waals surface area contributed by atoms with Crippen molar-refractivity contribution in [1.29, 1.82) is 0 Å². The fourth-order valence-electron chi connectivity index (χ4n) is 5.61. The van der Waals surface area contributed by atoms with Crippen LogP contribution < -0.4 is 15.7 Å². The van der Waals surface area contributed by atoms with E-state index in [-0.39, 0.29) is 28.5 Å². The number of hydrogen-bond acceptors (Lipinski definition) is 7. The number of nitrogens with one attached hydrogen (secondary N) is 1. The lowest BCUT2D eigenvalue weighted by molar-refractivity contribution is -0.233. The third kappa shape index (κ3) is 5.45. The van der Waals surface area contributed by atoms with Crippen LogP contribution in [-0.2, 0) is 9.47 Å². The summed E-state index contributed by atoms with van der Waals surface area (Å²) in [5.74, 6) is -0.442. The SMILES string of the molecule is CO[C@@H]1CC[C@H](Oc2ccc3c(O)c(NC(=O)c4cccc(-c5c(C)cccc5C)c4)c(=O)oc3c2C)OC1(C)C. The van der Waals surface area contributed by atoms with Crippen molar-refractivity contribution in [3.63, 3.8) is 0 Å². The quantitative estimate of drug-likeness (QED) is 0.256. The number of carbonyl (C=O) groups is 1. The molecule has 41 heavy (non-hydrogen) atoms. The lowest BCUT2D eigenvalue weighted by Crippen LogP contribution is -2.49. The van der Waals surface area contributed by atoms with Crippen molar-refractivity contribution in [2.45, 2.75) is 65.5 Å². The van der Waals surface area contributed by atoms with Gasteiger partial charge in [-0.1, -0.05) is 30.3 Å². The number of anilines is 1.